The third-order valence-electron chi connectivity index (χ3n) is 5.51. The number of anilines is 2. The highest BCUT2D eigenvalue weighted by molar-refractivity contribution is 7.81. The number of phenols is 1. The number of aromatic hydroxyl groups is 1. The van der Waals surface area contributed by atoms with E-state index in [1.54, 1.807) is 0 Å². The number of carbonyl (C=O) groups is 1. The molecule has 1 spiro atoms. The number of halogens is 4. The molecule has 0 bridgehead atoms. The molecule has 3 aromatic rings. The summed E-state index contributed by atoms with van der Waals surface area (Å²) in [5.74, 6) is -3.39. The molecule has 1 aliphatic carbocycles. The minimum atomic E-state index is -4.80. The number of hydrogen-bond acceptors (Lipinski definition) is 6. The van der Waals surface area contributed by atoms with Crippen molar-refractivity contribution in [2.24, 2.45) is 0 Å². The molecule has 5 rings (SSSR count). The van der Waals surface area contributed by atoms with E-state index in [2.05, 4.69) is 15.3 Å². The summed E-state index contributed by atoms with van der Waals surface area (Å²) < 4.78 is 54.2. The zero-order chi connectivity index (χ0) is 22.1. The van der Waals surface area contributed by atoms with E-state index >= 15 is 0 Å². The highest BCUT2D eigenvalue weighted by Gasteiger charge is 2.60. The Morgan fingerprint density at radius 1 is 1.13 bits per heavy atom. The van der Waals surface area contributed by atoms with Crippen LogP contribution < -0.4 is 9.80 Å². The molecule has 1 N–H and O–H groups in total. The van der Waals surface area contributed by atoms with Crippen LogP contribution >= 0.6 is 12.2 Å². The first-order chi connectivity index (χ1) is 14.6. The van der Waals surface area contributed by atoms with Crippen LogP contribution in [0.3, 0.4) is 0 Å². The van der Waals surface area contributed by atoms with E-state index in [4.69, 9.17) is 12.2 Å². The Bertz CT molecular complexity index is 1260. The maximum absolute atomic E-state index is 14.0. The van der Waals surface area contributed by atoms with E-state index in [-0.39, 0.29) is 22.3 Å². The van der Waals surface area contributed by atoms with Gasteiger partial charge in [-0.15, -0.1) is 15.3 Å². The fourth-order valence-corrected chi connectivity index (χ4v) is 4.35. The van der Waals surface area contributed by atoms with E-state index in [1.807, 2.05) is 0 Å². The maximum atomic E-state index is 14.0. The number of rotatable bonds is 2. The Morgan fingerprint density at radius 2 is 1.87 bits per heavy atom. The van der Waals surface area contributed by atoms with Crippen molar-refractivity contribution in [1.82, 2.24) is 19.8 Å². The minimum absolute atomic E-state index is 0.0525. The highest BCUT2D eigenvalue weighted by atomic mass is 32.1. The van der Waals surface area contributed by atoms with E-state index < -0.39 is 35.0 Å². The average molecular weight is 452 g/mol. The van der Waals surface area contributed by atoms with Crippen molar-refractivity contribution >= 4 is 40.4 Å². The quantitative estimate of drug-likeness (QED) is 0.473. The molecular weight excluding hydrogens is 440 g/mol. The number of carbonyl (C=O) groups excluding carboxylic acids is 1. The predicted molar refractivity (Wildman–Crippen MR) is 103 cm³/mol. The lowest BCUT2D eigenvalue weighted by Crippen LogP contribution is -2.55. The largest absolute Gasteiger partial charge is 0.505 e. The van der Waals surface area contributed by atoms with Crippen LogP contribution in [0.5, 0.6) is 5.75 Å². The van der Waals surface area contributed by atoms with Crippen molar-refractivity contribution in [2.45, 2.75) is 31.0 Å². The second kappa shape index (κ2) is 6.33. The summed E-state index contributed by atoms with van der Waals surface area (Å²) in [6, 6.07) is 6.18. The number of alkyl halides is 3. The Hall–Kier alpha value is -3.35. The lowest BCUT2D eigenvalue weighted by Gasteiger charge is -2.43. The smallest absolute Gasteiger partial charge is 0.453 e. The van der Waals surface area contributed by atoms with Gasteiger partial charge in [0.25, 0.3) is 11.7 Å². The SMILES string of the molecule is O=C1N(c2ccc3nnc(C(F)(F)F)n3n2)C(=S)N(c2ccc(O)c(F)c2)C12CCC2. The molecule has 0 radical (unpaired) electrons. The second-order valence-electron chi connectivity index (χ2n) is 7.26. The van der Waals surface area contributed by atoms with Gasteiger partial charge in [0.1, 0.15) is 5.54 Å². The van der Waals surface area contributed by atoms with Gasteiger partial charge in [0.2, 0.25) is 0 Å². The van der Waals surface area contributed by atoms with E-state index in [9.17, 15) is 27.5 Å². The molecule has 3 heterocycles. The van der Waals surface area contributed by atoms with Crippen LogP contribution in [-0.4, -0.2) is 41.5 Å². The number of nitrogens with zero attached hydrogens (tertiary/aromatic N) is 6. The zero-order valence-electron chi connectivity index (χ0n) is 15.5. The monoisotopic (exact) mass is 452 g/mol. The van der Waals surface area contributed by atoms with Crippen LogP contribution in [0, 0.1) is 5.82 Å². The molecule has 1 saturated carbocycles. The molecule has 1 aliphatic heterocycles. The molecule has 1 aromatic carbocycles. The first-order valence-corrected chi connectivity index (χ1v) is 9.51. The van der Waals surface area contributed by atoms with Gasteiger partial charge in [-0.1, -0.05) is 0 Å². The fraction of sp³-hybridized carbons (Fsp3) is 0.278. The lowest BCUT2D eigenvalue weighted by molar-refractivity contribution is -0.146. The Balaban J connectivity index is 1.63. The molecule has 13 heteroatoms. The lowest BCUT2D eigenvalue weighted by atomic mass is 9.75. The molecule has 2 aliphatic rings. The number of benzene rings is 1. The number of thiocarbonyl (C=S) groups is 1. The summed E-state index contributed by atoms with van der Waals surface area (Å²) in [4.78, 5) is 15.9. The summed E-state index contributed by atoms with van der Waals surface area (Å²) in [5, 5.41) is 19.9. The summed E-state index contributed by atoms with van der Waals surface area (Å²) in [5.41, 5.74) is -0.987. The molecule has 0 atom stereocenters. The van der Waals surface area contributed by atoms with Gasteiger partial charge in [-0.2, -0.15) is 17.7 Å². The third kappa shape index (κ3) is 2.69. The standard InChI is InChI=1S/C18H12F4N6O2S/c19-10-8-9(2-3-11(10)29)27-16(31)26(15(30)17(27)6-1-7-17)13-5-4-12-23-24-14(18(20,21)22)28(12)25-13/h2-5,8,29H,1,6-7H2. The number of fused-ring (bicyclic) bond motifs is 1. The fourth-order valence-electron chi connectivity index (χ4n) is 3.89. The van der Waals surface area contributed by atoms with Gasteiger partial charge in [0.05, 0.1) is 0 Å². The molecule has 1 amide bonds. The third-order valence-corrected chi connectivity index (χ3v) is 5.88. The Labute approximate surface area is 176 Å². The molecular formula is C18H12F4N6O2S. The molecule has 2 aromatic heterocycles. The highest BCUT2D eigenvalue weighted by Crippen LogP contribution is 2.48. The maximum Gasteiger partial charge on any atom is 0.453 e. The summed E-state index contributed by atoms with van der Waals surface area (Å²) in [6.45, 7) is 0. The average Bonchev–Trinajstić information content (AvgIpc) is 3.19. The van der Waals surface area contributed by atoms with Crippen molar-refractivity contribution in [2.75, 3.05) is 9.80 Å². The Kier molecular flexibility index (Phi) is 4.00. The van der Waals surface area contributed by atoms with Crippen LogP contribution in [0.2, 0.25) is 0 Å². The van der Waals surface area contributed by atoms with E-state index in [1.165, 1.54) is 23.1 Å². The van der Waals surface area contributed by atoms with E-state index in [0.29, 0.717) is 17.4 Å². The van der Waals surface area contributed by atoms with E-state index in [0.717, 1.165) is 23.5 Å². The molecule has 31 heavy (non-hydrogen) atoms. The minimum Gasteiger partial charge on any atom is -0.505 e. The van der Waals surface area contributed by atoms with Crippen LogP contribution in [0.1, 0.15) is 25.1 Å². The van der Waals surface area contributed by atoms with Crippen molar-refractivity contribution in [3.63, 3.8) is 0 Å². The van der Waals surface area contributed by atoms with Crippen molar-refractivity contribution in [3.05, 3.63) is 42.0 Å². The van der Waals surface area contributed by atoms with Crippen LogP contribution in [0.15, 0.2) is 30.3 Å². The van der Waals surface area contributed by atoms with Gasteiger partial charge in [-0.25, -0.2) is 9.29 Å². The Morgan fingerprint density at radius 3 is 2.48 bits per heavy atom. The van der Waals surface area contributed by atoms with Crippen molar-refractivity contribution in [1.29, 1.82) is 0 Å². The number of amides is 1. The predicted octanol–water partition coefficient (Wildman–Crippen LogP) is 3.05. The number of aromatic nitrogens is 4. The van der Waals surface area contributed by atoms with Crippen molar-refractivity contribution < 1.29 is 27.5 Å². The number of phenolic OH excluding ortho intramolecular Hbond substituents is 1. The molecule has 160 valence electrons. The number of hydrogen-bond donors (Lipinski definition) is 1. The van der Waals surface area contributed by atoms with Gasteiger partial charge < -0.3 is 10.0 Å². The van der Waals surface area contributed by atoms with Gasteiger partial charge in [-0.05, 0) is 55.7 Å². The molecule has 1 saturated heterocycles. The second-order valence-corrected chi connectivity index (χ2v) is 7.63. The van der Waals surface area contributed by atoms with Gasteiger partial charge in [0.15, 0.2) is 28.1 Å². The molecule has 8 nitrogen and oxygen atoms in total. The van der Waals surface area contributed by atoms with Gasteiger partial charge in [0, 0.05) is 11.8 Å². The first kappa shape index (κ1) is 19.6. The summed E-state index contributed by atoms with van der Waals surface area (Å²) >= 11 is 5.48. The summed E-state index contributed by atoms with van der Waals surface area (Å²) in [7, 11) is 0. The van der Waals surface area contributed by atoms with Crippen LogP contribution in [0.25, 0.3) is 5.65 Å². The van der Waals surface area contributed by atoms with Crippen LogP contribution in [-0.2, 0) is 11.0 Å². The normalized spacial score (nSPS) is 18.3. The molecule has 0 unspecified atom stereocenters. The summed E-state index contributed by atoms with van der Waals surface area (Å²) in [6.07, 6.45) is -3.23. The first-order valence-electron chi connectivity index (χ1n) is 9.10. The van der Waals surface area contributed by atoms with Gasteiger partial charge >= 0.3 is 6.18 Å². The van der Waals surface area contributed by atoms with Gasteiger partial charge in [-0.3, -0.25) is 4.79 Å². The van der Waals surface area contributed by atoms with Crippen LogP contribution in [0.4, 0.5) is 29.1 Å². The van der Waals surface area contributed by atoms with Crippen molar-refractivity contribution in [3.8, 4) is 5.75 Å². The topological polar surface area (TPSA) is 86.9 Å². The molecule has 2 fully saturated rings. The zero-order valence-corrected chi connectivity index (χ0v) is 16.3.